The maximum absolute atomic E-state index is 13.1. The lowest BCUT2D eigenvalue weighted by atomic mass is 9.86. The van der Waals surface area contributed by atoms with Gasteiger partial charge in [0.2, 0.25) is 0 Å². The van der Waals surface area contributed by atoms with Crippen molar-refractivity contribution >= 4 is 21.6 Å². The van der Waals surface area contributed by atoms with Crippen molar-refractivity contribution in [3.05, 3.63) is 54.1 Å². The number of nitrogens with zero attached hydrogens (tertiary/aromatic N) is 1. The van der Waals surface area contributed by atoms with Crippen LogP contribution in [0.4, 0.5) is 5.69 Å². The van der Waals surface area contributed by atoms with Gasteiger partial charge in [-0.2, -0.15) is 0 Å². The molecule has 0 spiro atoms. The van der Waals surface area contributed by atoms with Gasteiger partial charge in [0.1, 0.15) is 5.75 Å². The molecule has 156 valence electrons. The van der Waals surface area contributed by atoms with Crippen LogP contribution in [0.25, 0.3) is 0 Å². The van der Waals surface area contributed by atoms with E-state index >= 15 is 0 Å². The van der Waals surface area contributed by atoms with Crippen molar-refractivity contribution < 1.29 is 17.9 Å². The van der Waals surface area contributed by atoms with E-state index in [1.807, 2.05) is 0 Å². The monoisotopic (exact) mass is 416 g/mol. The summed E-state index contributed by atoms with van der Waals surface area (Å²) in [6.45, 7) is 2.15. The van der Waals surface area contributed by atoms with E-state index in [0.29, 0.717) is 22.9 Å². The molecule has 1 aliphatic rings. The third-order valence-corrected chi connectivity index (χ3v) is 7.40. The number of ether oxygens (including phenoxy) is 1. The minimum Gasteiger partial charge on any atom is -0.497 e. The average molecular weight is 417 g/mol. The number of nitrogens with one attached hydrogen (secondary N) is 1. The number of methoxy groups -OCH3 is 1. The largest absolute Gasteiger partial charge is 0.497 e. The van der Waals surface area contributed by atoms with Crippen molar-refractivity contribution in [2.45, 2.75) is 43.5 Å². The molecule has 3 rings (SSSR count). The third kappa shape index (κ3) is 4.72. The average Bonchev–Trinajstić information content (AvgIpc) is 2.75. The van der Waals surface area contributed by atoms with Crippen LogP contribution in [0.5, 0.6) is 5.75 Å². The van der Waals surface area contributed by atoms with Gasteiger partial charge in [0.05, 0.1) is 17.7 Å². The summed E-state index contributed by atoms with van der Waals surface area (Å²) < 4.78 is 32.5. The second kappa shape index (κ2) is 8.86. The Bertz CT molecular complexity index is 957. The van der Waals surface area contributed by atoms with Crippen molar-refractivity contribution in [1.29, 1.82) is 0 Å². The second-order valence-corrected chi connectivity index (χ2v) is 9.51. The van der Waals surface area contributed by atoms with Gasteiger partial charge in [-0.05, 0) is 61.2 Å². The number of amides is 1. The number of hydrogen-bond donors (Lipinski definition) is 1. The molecule has 6 nitrogen and oxygen atoms in total. The standard InChI is InChI=1S/C22H28N2O4S/c1-16-7-4-5-10-21(16)23-22(25)17-8-6-9-20(15-17)29(26,27)24(2)18-11-13-19(28-3)14-12-18/h6,8-9,11-16,21H,4-5,7,10H2,1-3H3,(H,23,25). The first kappa shape index (κ1) is 21.2. The summed E-state index contributed by atoms with van der Waals surface area (Å²) in [6, 6.07) is 13.1. The highest BCUT2D eigenvalue weighted by molar-refractivity contribution is 7.92. The van der Waals surface area contributed by atoms with Crippen LogP contribution in [0.2, 0.25) is 0 Å². The number of hydrogen-bond acceptors (Lipinski definition) is 4. The Morgan fingerprint density at radius 3 is 2.45 bits per heavy atom. The van der Waals surface area contributed by atoms with Gasteiger partial charge in [-0.3, -0.25) is 9.10 Å². The van der Waals surface area contributed by atoms with Crippen LogP contribution in [-0.2, 0) is 10.0 Å². The van der Waals surface area contributed by atoms with Gasteiger partial charge in [-0.25, -0.2) is 8.42 Å². The summed E-state index contributed by atoms with van der Waals surface area (Å²) in [5, 5.41) is 3.08. The number of carbonyl (C=O) groups excluding carboxylic acids is 1. The van der Waals surface area contributed by atoms with Crippen LogP contribution in [0, 0.1) is 5.92 Å². The van der Waals surface area contributed by atoms with Crippen molar-refractivity contribution in [3.8, 4) is 5.75 Å². The quantitative estimate of drug-likeness (QED) is 0.777. The van der Waals surface area contributed by atoms with E-state index in [1.165, 1.54) is 29.9 Å². The first-order valence-electron chi connectivity index (χ1n) is 9.87. The highest BCUT2D eigenvalue weighted by Crippen LogP contribution is 2.26. The molecule has 0 saturated heterocycles. The molecule has 1 N–H and O–H groups in total. The predicted molar refractivity (Wildman–Crippen MR) is 114 cm³/mol. The van der Waals surface area contributed by atoms with Gasteiger partial charge < -0.3 is 10.1 Å². The fourth-order valence-corrected chi connectivity index (χ4v) is 4.91. The van der Waals surface area contributed by atoms with Crippen molar-refractivity contribution in [2.75, 3.05) is 18.5 Å². The highest BCUT2D eigenvalue weighted by atomic mass is 32.2. The molecule has 1 amide bonds. The van der Waals surface area contributed by atoms with Gasteiger partial charge in [0, 0.05) is 18.7 Å². The van der Waals surface area contributed by atoms with Gasteiger partial charge in [-0.1, -0.05) is 25.8 Å². The van der Waals surface area contributed by atoms with Crippen LogP contribution in [0.3, 0.4) is 0 Å². The topological polar surface area (TPSA) is 75.7 Å². The molecule has 1 fully saturated rings. The van der Waals surface area contributed by atoms with Crippen LogP contribution in [0.15, 0.2) is 53.4 Å². The minimum absolute atomic E-state index is 0.0835. The van der Waals surface area contributed by atoms with E-state index in [0.717, 1.165) is 19.3 Å². The fraction of sp³-hybridized carbons (Fsp3) is 0.409. The molecular weight excluding hydrogens is 388 g/mol. The first-order chi connectivity index (χ1) is 13.8. The van der Waals surface area contributed by atoms with E-state index in [4.69, 9.17) is 4.74 Å². The lowest BCUT2D eigenvalue weighted by Crippen LogP contribution is -2.41. The Labute approximate surface area is 172 Å². The van der Waals surface area contributed by atoms with E-state index in [2.05, 4.69) is 12.2 Å². The second-order valence-electron chi connectivity index (χ2n) is 7.54. The van der Waals surface area contributed by atoms with E-state index < -0.39 is 10.0 Å². The molecule has 7 heteroatoms. The van der Waals surface area contributed by atoms with E-state index in [1.54, 1.807) is 43.5 Å². The number of benzene rings is 2. The summed E-state index contributed by atoms with van der Waals surface area (Å²) in [6.07, 6.45) is 4.37. The number of rotatable bonds is 6. The summed E-state index contributed by atoms with van der Waals surface area (Å²) in [4.78, 5) is 12.8. The third-order valence-electron chi connectivity index (χ3n) is 5.62. The highest BCUT2D eigenvalue weighted by Gasteiger charge is 2.25. The molecule has 2 aromatic carbocycles. The lowest BCUT2D eigenvalue weighted by Gasteiger charge is -2.29. The number of carbonyl (C=O) groups is 1. The zero-order valence-electron chi connectivity index (χ0n) is 17.1. The minimum atomic E-state index is -3.80. The smallest absolute Gasteiger partial charge is 0.264 e. The SMILES string of the molecule is COc1ccc(N(C)S(=O)(=O)c2cccc(C(=O)NC3CCCCC3C)c2)cc1. The Hall–Kier alpha value is -2.54. The van der Waals surface area contributed by atoms with Crippen molar-refractivity contribution in [1.82, 2.24) is 5.32 Å². The molecule has 0 bridgehead atoms. The maximum atomic E-state index is 13.1. The van der Waals surface area contributed by atoms with Crippen LogP contribution < -0.4 is 14.4 Å². The maximum Gasteiger partial charge on any atom is 0.264 e. The molecular formula is C22H28N2O4S. The first-order valence-corrected chi connectivity index (χ1v) is 11.3. The molecule has 29 heavy (non-hydrogen) atoms. The molecule has 0 aromatic heterocycles. The molecule has 0 aliphatic heterocycles. The Balaban J connectivity index is 1.80. The summed E-state index contributed by atoms with van der Waals surface area (Å²) >= 11 is 0. The molecule has 1 aliphatic carbocycles. The Morgan fingerprint density at radius 2 is 1.79 bits per heavy atom. The van der Waals surface area contributed by atoms with Gasteiger partial charge in [-0.15, -0.1) is 0 Å². The fourth-order valence-electron chi connectivity index (χ4n) is 3.67. The van der Waals surface area contributed by atoms with Crippen molar-refractivity contribution in [2.24, 2.45) is 5.92 Å². The molecule has 2 unspecified atom stereocenters. The molecule has 0 heterocycles. The Kier molecular flexibility index (Phi) is 6.47. The molecule has 1 saturated carbocycles. The van der Waals surface area contributed by atoms with E-state index in [-0.39, 0.29) is 16.8 Å². The van der Waals surface area contributed by atoms with E-state index in [9.17, 15) is 13.2 Å². The number of sulfonamides is 1. The van der Waals surface area contributed by atoms with Crippen LogP contribution in [-0.4, -0.2) is 34.5 Å². The van der Waals surface area contributed by atoms with Gasteiger partial charge in [0.15, 0.2) is 0 Å². The predicted octanol–water partition coefficient (Wildman–Crippen LogP) is 3.83. The molecule has 0 radical (unpaired) electrons. The summed E-state index contributed by atoms with van der Waals surface area (Å²) in [5.41, 5.74) is 0.865. The van der Waals surface area contributed by atoms with Crippen molar-refractivity contribution in [3.63, 3.8) is 0 Å². The van der Waals surface area contributed by atoms with Gasteiger partial charge >= 0.3 is 0 Å². The zero-order chi connectivity index (χ0) is 21.0. The normalized spacial score (nSPS) is 19.4. The molecule has 2 atom stereocenters. The van der Waals surface area contributed by atoms with Crippen LogP contribution >= 0.6 is 0 Å². The summed E-state index contributed by atoms with van der Waals surface area (Å²) in [7, 11) is -0.750. The number of anilines is 1. The van der Waals surface area contributed by atoms with Crippen LogP contribution in [0.1, 0.15) is 43.0 Å². The molecule has 2 aromatic rings. The summed E-state index contributed by atoms with van der Waals surface area (Å²) in [5.74, 6) is 0.851. The van der Waals surface area contributed by atoms with Gasteiger partial charge in [0.25, 0.3) is 15.9 Å². The zero-order valence-corrected chi connectivity index (χ0v) is 17.9. The Morgan fingerprint density at radius 1 is 1.10 bits per heavy atom. The lowest BCUT2D eigenvalue weighted by molar-refractivity contribution is 0.0910.